The lowest BCUT2D eigenvalue weighted by atomic mass is 10.0. The van der Waals surface area contributed by atoms with Crippen molar-refractivity contribution in [3.63, 3.8) is 0 Å². The van der Waals surface area contributed by atoms with Crippen molar-refractivity contribution in [2.75, 3.05) is 12.4 Å². The molecule has 5 heteroatoms. The predicted octanol–water partition coefficient (Wildman–Crippen LogP) is 3.12. The first kappa shape index (κ1) is 14.8. The molecule has 0 fully saturated rings. The highest BCUT2D eigenvalue weighted by Crippen LogP contribution is 2.31. The maximum absolute atomic E-state index is 12.1. The summed E-state index contributed by atoms with van der Waals surface area (Å²) in [7, 11) is 0. The second kappa shape index (κ2) is 6.75. The Morgan fingerprint density at radius 3 is 2.82 bits per heavy atom. The predicted molar refractivity (Wildman–Crippen MR) is 86.3 cm³/mol. The Morgan fingerprint density at radius 1 is 1.23 bits per heavy atom. The molecule has 22 heavy (non-hydrogen) atoms. The Labute approximate surface area is 133 Å². The summed E-state index contributed by atoms with van der Waals surface area (Å²) in [5.74, 6) is 1.43. The van der Waals surface area contributed by atoms with Crippen molar-refractivity contribution in [1.82, 2.24) is 5.32 Å². The molecular weight excluding hydrogens is 298 g/mol. The third-order valence-corrected chi connectivity index (χ3v) is 4.51. The van der Waals surface area contributed by atoms with Crippen LogP contribution in [0.2, 0.25) is 0 Å². The van der Waals surface area contributed by atoms with Crippen molar-refractivity contribution in [3.05, 3.63) is 54.1 Å². The van der Waals surface area contributed by atoms with Crippen molar-refractivity contribution >= 4 is 17.7 Å². The SMILES string of the molecule is O=C(CSc1ccc(O)cc1)NC1CCOc2ccccc21. The average Bonchev–Trinajstić information content (AvgIpc) is 2.55. The van der Waals surface area contributed by atoms with E-state index in [1.165, 1.54) is 11.8 Å². The van der Waals surface area contributed by atoms with Gasteiger partial charge in [0.05, 0.1) is 18.4 Å². The second-order valence-corrected chi connectivity index (χ2v) is 6.13. The van der Waals surface area contributed by atoms with Crippen LogP contribution in [0.3, 0.4) is 0 Å². The van der Waals surface area contributed by atoms with Crippen LogP contribution in [0.15, 0.2) is 53.4 Å². The Bertz CT molecular complexity index is 657. The molecule has 2 aromatic carbocycles. The molecule has 1 atom stereocenters. The molecule has 0 bridgehead atoms. The Balaban J connectivity index is 1.57. The van der Waals surface area contributed by atoms with Gasteiger partial charge in [-0.05, 0) is 30.3 Å². The summed E-state index contributed by atoms with van der Waals surface area (Å²) in [5.41, 5.74) is 1.04. The molecule has 1 heterocycles. The number of nitrogens with one attached hydrogen (secondary N) is 1. The standard InChI is InChI=1S/C17H17NO3S/c19-12-5-7-13(8-6-12)22-11-17(20)18-15-9-10-21-16-4-2-1-3-14(15)16/h1-8,15,19H,9-11H2,(H,18,20). The van der Waals surface area contributed by atoms with Crippen LogP contribution >= 0.6 is 11.8 Å². The first-order valence-corrected chi connectivity index (χ1v) is 8.14. The lowest BCUT2D eigenvalue weighted by Gasteiger charge is -2.26. The van der Waals surface area contributed by atoms with Crippen LogP contribution in [-0.4, -0.2) is 23.4 Å². The van der Waals surface area contributed by atoms with Crippen molar-refractivity contribution < 1.29 is 14.6 Å². The molecule has 2 N–H and O–H groups in total. The number of aromatic hydroxyl groups is 1. The highest BCUT2D eigenvalue weighted by atomic mass is 32.2. The topological polar surface area (TPSA) is 58.6 Å². The van der Waals surface area contributed by atoms with Gasteiger partial charge in [-0.25, -0.2) is 0 Å². The summed E-state index contributed by atoms with van der Waals surface area (Å²) >= 11 is 1.45. The number of carbonyl (C=O) groups excluding carboxylic acids is 1. The number of para-hydroxylation sites is 1. The third-order valence-electron chi connectivity index (χ3n) is 3.50. The number of hydrogen-bond acceptors (Lipinski definition) is 4. The van der Waals surface area contributed by atoms with E-state index in [0.717, 1.165) is 22.6 Å². The minimum absolute atomic E-state index is 0.000205. The van der Waals surface area contributed by atoms with E-state index in [0.29, 0.717) is 12.4 Å². The largest absolute Gasteiger partial charge is 0.508 e. The Morgan fingerprint density at radius 2 is 2.00 bits per heavy atom. The van der Waals surface area contributed by atoms with Crippen molar-refractivity contribution in [3.8, 4) is 11.5 Å². The van der Waals surface area contributed by atoms with E-state index in [4.69, 9.17) is 4.74 Å². The minimum Gasteiger partial charge on any atom is -0.508 e. The smallest absolute Gasteiger partial charge is 0.230 e. The van der Waals surface area contributed by atoms with E-state index in [-0.39, 0.29) is 17.7 Å². The zero-order chi connectivity index (χ0) is 15.4. The van der Waals surface area contributed by atoms with E-state index in [1.54, 1.807) is 24.3 Å². The highest BCUT2D eigenvalue weighted by molar-refractivity contribution is 8.00. The average molecular weight is 315 g/mol. The number of amides is 1. The molecule has 1 amide bonds. The van der Waals surface area contributed by atoms with Crippen LogP contribution in [0.1, 0.15) is 18.0 Å². The second-order valence-electron chi connectivity index (χ2n) is 5.08. The van der Waals surface area contributed by atoms with E-state index in [9.17, 15) is 9.90 Å². The number of hydrogen-bond donors (Lipinski definition) is 2. The minimum atomic E-state index is -0.000205. The number of rotatable bonds is 4. The van der Waals surface area contributed by atoms with Crippen LogP contribution in [0.5, 0.6) is 11.5 Å². The molecule has 0 spiro atoms. The van der Waals surface area contributed by atoms with Crippen molar-refractivity contribution in [1.29, 1.82) is 0 Å². The van der Waals surface area contributed by atoms with E-state index >= 15 is 0 Å². The van der Waals surface area contributed by atoms with Gasteiger partial charge in [0, 0.05) is 16.9 Å². The molecule has 3 rings (SSSR count). The van der Waals surface area contributed by atoms with Gasteiger partial charge >= 0.3 is 0 Å². The van der Waals surface area contributed by atoms with Crippen molar-refractivity contribution in [2.24, 2.45) is 0 Å². The van der Waals surface area contributed by atoms with Crippen LogP contribution in [0.25, 0.3) is 0 Å². The quantitative estimate of drug-likeness (QED) is 0.851. The summed E-state index contributed by atoms with van der Waals surface area (Å²) in [4.78, 5) is 13.1. The summed E-state index contributed by atoms with van der Waals surface area (Å²) in [6.07, 6.45) is 0.784. The van der Waals surface area contributed by atoms with Gasteiger partial charge in [-0.15, -0.1) is 11.8 Å². The fourth-order valence-corrected chi connectivity index (χ4v) is 3.13. The lowest BCUT2D eigenvalue weighted by molar-refractivity contribution is -0.119. The summed E-state index contributed by atoms with van der Waals surface area (Å²) in [6, 6.07) is 14.7. The number of carbonyl (C=O) groups is 1. The van der Waals surface area contributed by atoms with Gasteiger partial charge in [0.1, 0.15) is 11.5 Å². The number of benzene rings is 2. The van der Waals surface area contributed by atoms with E-state index < -0.39 is 0 Å². The molecule has 4 nitrogen and oxygen atoms in total. The van der Waals surface area contributed by atoms with Crippen molar-refractivity contribution in [2.45, 2.75) is 17.4 Å². The molecule has 1 unspecified atom stereocenters. The maximum atomic E-state index is 12.1. The molecule has 114 valence electrons. The highest BCUT2D eigenvalue weighted by Gasteiger charge is 2.22. The van der Waals surface area contributed by atoms with Gasteiger partial charge in [0.15, 0.2) is 0 Å². The molecule has 0 radical (unpaired) electrons. The fourth-order valence-electron chi connectivity index (χ4n) is 2.42. The van der Waals surface area contributed by atoms with Gasteiger partial charge in [-0.2, -0.15) is 0 Å². The first-order valence-electron chi connectivity index (χ1n) is 7.15. The van der Waals surface area contributed by atoms with Gasteiger partial charge in [-0.1, -0.05) is 18.2 Å². The molecule has 1 aliphatic rings. The zero-order valence-corrected chi connectivity index (χ0v) is 12.8. The Hall–Kier alpha value is -2.14. The molecule has 1 aliphatic heterocycles. The van der Waals surface area contributed by atoms with E-state index in [2.05, 4.69) is 5.32 Å². The van der Waals surface area contributed by atoms with Crippen LogP contribution in [-0.2, 0) is 4.79 Å². The van der Waals surface area contributed by atoms with E-state index in [1.807, 2.05) is 24.3 Å². The van der Waals surface area contributed by atoms with Crippen LogP contribution < -0.4 is 10.1 Å². The zero-order valence-electron chi connectivity index (χ0n) is 12.0. The van der Waals surface area contributed by atoms with Gasteiger partial charge < -0.3 is 15.2 Å². The number of fused-ring (bicyclic) bond motifs is 1. The number of thioether (sulfide) groups is 1. The fraction of sp³-hybridized carbons (Fsp3) is 0.235. The summed E-state index contributed by atoms with van der Waals surface area (Å²) < 4.78 is 5.60. The molecule has 0 aromatic heterocycles. The molecule has 0 saturated carbocycles. The third kappa shape index (κ3) is 3.54. The first-order chi connectivity index (χ1) is 10.7. The summed E-state index contributed by atoms with van der Waals surface area (Å²) in [5, 5.41) is 12.3. The molecule has 0 aliphatic carbocycles. The molecular formula is C17H17NO3S. The monoisotopic (exact) mass is 315 g/mol. The maximum Gasteiger partial charge on any atom is 0.230 e. The summed E-state index contributed by atoms with van der Waals surface area (Å²) in [6.45, 7) is 0.618. The van der Waals surface area contributed by atoms with Crippen LogP contribution in [0.4, 0.5) is 0 Å². The molecule has 2 aromatic rings. The normalized spacial score (nSPS) is 16.5. The van der Waals surface area contributed by atoms with Gasteiger partial charge in [0.25, 0.3) is 0 Å². The number of phenols is 1. The van der Waals surface area contributed by atoms with Gasteiger partial charge in [-0.3, -0.25) is 4.79 Å². The lowest BCUT2D eigenvalue weighted by Crippen LogP contribution is -2.33. The number of phenolic OH excluding ortho intramolecular Hbond substituents is 1. The molecule has 0 saturated heterocycles. The number of ether oxygens (including phenoxy) is 1. The van der Waals surface area contributed by atoms with Gasteiger partial charge in [0.2, 0.25) is 5.91 Å². The Kier molecular flexibility index (Phi) is 4.53. The van der Waals surface area contributed by atoms with Crippen LogP contribution in [0, 0.1) is 0 Å².